The van der Waals surface area contributed by atoms with E-state index in [0.29, 0.717) is 6.61 Å². The highest BCUT2D eigenvalue weighted by Gasteiger charge is 2.32. The van der Waals surface area contributed by atoms with Crippen molar-refractivity contribution in [2.45, 2.75) is 44.3 Å². The molecule has 4 heteroatoms. The molecule has 2 atom stereocenters. The highest BCUT2D eigenvalue weighted by molar-refractivity contribution is 5.83. The fraction of sp³-hybridized carbons (Fsp3) is 0.562. The van der Waals surface area contributed by atoms with Crippen molar-refractivity contribution in [1.82, 2.24) is 10.6 Å². The van der Waals surface area contributed by atoms with Gasteiger partial charge in [0.15, 0.2) is 0 Å². The normalized spacial score (nSPS) is 29.6. The van der Waals surface area contributed by atoms with E-state index in [1.165, 1.54) is 11.1 Å². The smallest absolute Gasteiger partial charge is 0.237 e. The first-order valence-electron chi connectivity index (χ1n) is 7.36. The molecule has 0 saturated carbocycles. The minimum atomic E-state index is -0.214. The molecular formula is C16H22N2O2. The van der Waals surface area contributed by atoms with Crippen LogP contribution in [0.1, 0.15) is 30.9 Å². The van der Waals surface area contributed by atoms with Crippen molar-refractivity contribution in [2.75, 3.05) is 13.2 Å². The van der Waals surface area contributed by atoms with Gasteiger partial charge < -0.3 is 15.4 Å². The number of rotatable bonds is 2. The summed E-state index contributed by atoms with van der Waals surface area (Å²) in [7, 11) is 0. The fourth-order valence-corrected chi connectivity index (χ4v) is 3.06. The molecule has 20 heavy (non-hydrogen) atoms. The van der Waals surface area contributed by atoms with Crippen molar-refractivity contribution < 1.29 is 9.53 Å². The minimum Gasteiger partial charge on any atom is -0.379 e. The lowest BCUT2D eigenvalue weighted by Crippen LogP contribution is -2.57. The average Bonchev–Trinajstić information content (AvgIpc) is 2.47. The van der Waals surface area contributed by atoms with Gasteiger partial charge in [0.05, 0.1) is 18.2 Å². The molecule has 1 amide bonds. The third kappa shape index (κ3) is 2.86. The second-order valence-electron chi connectivity index (χ2n) is 6.11. The van der Waals surface area contributed by atoms with E-state index in [0.717, 1.165) is 32.4 Å². The predicted octanol–water partition coefficient (Wildman–Crippen LogP) is 1.39. The lowest BCUT2D eigenvalue weighted by molar-refractivity contribution is -0.126. The summed E-state index contributed by atoms with van der Waals surface area (Å²) >= 11 is 0. The third-order valence-corrected chi connectivity index (χ3v) is 4.26. The molecule has 4 nitrogen and oxygen atoms in total. The van der Waals surface area contributed by atoms with Crippen LogP contribution in [-0.4, -0.2) is 30.7 Å². The molecule has 0 aliphatic carbocycles. The van der Waals surface area contributed by atoms with Crippen LogP contribution >= 0.6 is 0 Å². The Morgan fingerprint density at radius 3 is 2.95 bits per heavy atom. The van der Waals surface area contributed by atoms with Crippen LogP contribution in [-0.2, 0) is 22.5 Å². The molecule has 0 aromatic heterocycles. The standard InChI is InChI=1S/C16H22N2O2/c1-16(7-4-8-20-11-16)18-15(19)14-9-12-5-2-3-6-13(12)10-17-14/h2-3,5-6,14,17H,4,7-11H2,1H3,(H,18,19)/t14-,16?/m0/s1. The quantitative estimate of drug-likeness (QED) is 0.857. The predicted molar refractivity (Wildman–Crippen MR) is 77.4 cm³/mol. The van der Waals surface area contributed by atoms with Gasteiger partial charge in [-0.3, -0.25) is 4.79 Å². The molecule has 1 fully saturated rings. The van der Waals surface area contributed by atoms with E-state index in [1.54, 1.807) is 0 Å². The zero-order valence-electron chi connectivity index (χ0n) is 11.9. The van der Waals surface area contributed by atoms with Crippen LogP contribution < -0.4 is 10.6 Å². The van der Waals surface area contributed by atoms with Crippen LogP contribution in [0.15, 0.2) is 24.3 Å². The van der Waals surface area contributed by atoms with Crippen LogP contribution in [0.4, 0.5) is 0 Å². The number of nitrogens with one attached hydrogen (secondary N) is 2. The molecule has 2 aliphatic heterocycles. The van der Waals surface area contributed by atoms with Gasteiger partial charge in [-0.05, 0) is 37.3 Å². The van der Waals surface area contributed by atoms with Crippen LogP contribution in [0.2, 0.25) is 0 Å². The first-order valence-corrected chi connectivity index (χ1v) is 7.36. The van der Waals surface area contributed by atoms with Gasteiger partial charge >= 0.3 is 0 Å². The van der Waals surface area contributed by atoms with Gasteiger partial charge in [-0.15, -0.1) is 0 Å². The van der Waals surface area contributed by atoms with E-state index >= 15 is 0 Å². The number of hydrogen-bond donors (Lipinski definition) is 2. The molecule has 1 saturated heterocycles. The van der Waals surface area contributed by atoms with Gasteiger partial charge in [0.1, 0.15) is 0 Å². The largest absolute Gasteiger partial charge is 0.379 e. The number of fused-ring (bicyclic) bond motifs is 1. The van der Waals surface area contributed by atoms with Crippen molar-refractivity contribution in [3.05, 3.63) is 35.4 Å². The van der Waals surface area contributed by atoms with Crippen molar-refractivity contribution in [2.24, 2.45) is 0 Å². The second kappa shape index (κ2) is 5.54. The number of amides is 1. The number of carbonyl (C=O) groups excluding carboxylic acids is 1. The maximum atomic E-state index is 12.5. The Balaban J connectivity index is 1.64. The van der Waals surface area contributed by atoms with E-state index in [2.05, 4.69) is 29.7 Å². The molecule has 3 rings (SSSR count). The van der Waals surface area contributed by atoms with Gasteiger partial charge in [0.2, 0.25) is 5.91 Å². The van der Waals surface area contributed by atoms with Crippen molar-refractivity contribution in [3.63, 3.8) is 0 Å². The second-order valence-corrected chi connectivity index (χ2v) is 6.11. The van der Waals surface area contributed by atoms with Gasteiger partial charge in [0.25, 0.3) is 0 Å². The first-order chi connectivity index (χ1) is 9.66. The molecule has 1 unspecified atom stereocenters. The lowest BCUT2D eigenvalue weighted by atomic mass is 9.92. The Hall–Kier alpha value is -1.39. The highest BCUT2D eigenvalue weighted by atomic mass is 16.5. The minimum absolute atomic E-state index is 0.0903. The van der Waals surface area contributed by atoms with E-state index < -0.39 is 0 Å². The van der Waals surface area contributed by atoms with Gasteiger partial charge in [-0.2, -0.15) is 0 Å². The van der Waals surface area contributed by atoms with E-state index in [4.69, 9.17) is 4.74 Å². The maximum absolute atomic E-state index is 12.5. The molecular weight excluding hydrogens is 252 g/mol. The van der Waals surface area contributed by atoms with Crippen LogP contribution in [0.5, 0.6) is 0 Å². The molecule has 2 aliphatic rings. The highest BCUT2D eigenvalue weighted by Crippen LogP contribution is 2.20. The Morgan fingerprint density at radius 2 is 2.20 bits per heavy atom. The van der Waals surface area contributed by atoms with Gasteiger partial charge in [0, 0.05) is 13.2 Å². The topological polar surface area (TPSA) is 50.4 Å². The average molecular weight is 274 g/mol. The molecule has 108 valence electrons. The molecule has 1 aromatic carbocycles. The summed E-state index contributed by atoms with van der Waals surface area (Å²) in [6, 6.07) is 8.18. The van der Waals surface area contributed by atoms with E-state index in [1.807, 2.05) is 12.1 Å². The van der Waals surface area contributed by atoms with Crippen LogP contribution in [0, 0.1) is 0 Å². The van der Waals surface area contributed by atoms with Crippen LogP contribution in [0.25, 0.3) is 0 Å². The summed E-state index contributed by atoms with van der Waals surface area (Å²) in [5, 5.41) is 6.50. The van der Waals surface area contributed by atoms with Crippen LogP contribution in [0.3, 0.4) is 0 Å². The lowest BCUT2D eigenvalue weighted by Gasteiger charge is -2.36. The molecule has 0 radical (unpaired) electrons. The van der Waals surface area contributed by atoms with Gasteiger partial charge in [-0.1, -0.05) is 24.3 Å². The Morgan fingerprint density at radius 1 is 1.40 bits per heavy atom. The van der Waals surface area contributed by atoms with Crippen molar-refractivity contribution in [1.29, 1.82) is 0 Å². The summed E-state index contributed by atoms with van der Waals surface area (Å²) in [5.74, 6) is 0.0903. The fourth-order valence-electron chi connectivity index (χ4n) is 3.06. The number of carbonyl (C=O) groups is 1. The summed E-state index contributed by atoms with van der Waals surface area (Å²) in [5.41, 5.74) is 2.36. The Bertz CT molecular complexity index is 495. The van der Waals surface area contributed by atoms with Crippen molar-refractivity contribution in [3.8, 4) is 0 Å². The number of benzene rings is 1. The van der Waals surface area contributed by atoms with Gasteiger partial charge in [-0.25, -0.2) is 0 Å². The maximum Gasteiger partial charge on any atom is 0.237 e. The molecule has 1 aromatic rings. The zero-order chi connectivity index (χ0) is 14.0. The zero-order valence-corrected chi connectivity index (χ0v) is 11.9. The monoisotopic (exact) mass is 274 g/mol. The summed E-state index contributed by atoms with van der Waals surface area (Å²) in [4.78, 5) is 12.5. The van der Waals surface area contributed by atoms with Crippen molar-refractivity contribution >= 4 is 5.91 Å². The molecule has 2 heterocycles. The SMILES string of the molecule is CC1(NC(=O)[C@@H]2Cc3ccccc3CN2)CCCOC1. The Kier molecular flexibility index (Phi) is 3.76. The Labute approximate surface area is 119 Å². The molecule has 2 N–H and O–H groups in total. The third-order valence-electron chi connectivity index (χ3n) is 4.26. The summed E-state index contributed by atoms with van der Waals surface area (Å²) < 4.78 is 5.49. The number of hydrogen-bond acceptors (Lipinski definition) is 3. The molecule has 0 bridgehead atoms. The van der Waals surface area contributed by atoms with E-state index in [9.17, 15) is 4.79 Å². The molecule has 0 spiro atoms. The summed E-state index contributed by atoms with van der Waals surface area (Å²) in [6.45, 7) is 4.25. The number of ether oxygens (including phenoxy) is 1. The van der Waals surface area contributed by atoms with E-state index in [-0.39, 0.29) is 17.5 Å². The summed E-state index contributed by atoms with van der Waals surface area (Å²) in [6.07, 6.45) is 2.76. The first kappa shape index (κ1) is 13.6.